The molecule has 1 saturated heterocycles. The second-order valence-corrected chi connectivity index (χ2v) is 8.36. The second-order valence-electron chi connectivity index (χ2n) is 8.36. The molecule has 0 saturated carbocycles. The molecule has 2 N–H and O–H groups in total. The normalized spacial score (nSPS) is 19.3. The number of nitrogens with zero attached hydrogens (tertiary/aromatic N) is 5. The largest absolute Gasteiger partial charge is 0.447 e. The van der Waals surface area contributed by atoms with Gasteiger partial charge in [0.25, 0.3) is 11.8 Å². The van der Waals surface area contributed by atoms with Crippen LogP contribution in [-0.4, -0.2) is 81.3 Å². The minimum atomic E-state index is -0.459. The number of benzene rings is 1. The van der Waals surface area contributed by atoms with Gasteiger partial charge in [-0.1, -0.05) is 12.1 Å². The van der Waals surface area contributed by atoms with Gasteiger partial charge in [0.15, 0.2) is 5.69 Å². The van der Waals surface area contributed by atoms with Crippen molar-refractivity contribution in [2.45, 2.75) is 12.6 Å². The van der Waals surface area contributed by atoms with E-state index in [1.165, 1.54) is 4.68 Å². The van der Waals surface area contributed by atoms with E-state index in [-0.39, 0.29) is 37.0 Å². The topological polar surface area (TPSA) is 133 Å². The van der Waals surface area contributed by atoms with E-state index in [0.717, 1.165) is 11.1 Å². The summed E-state index contributed by atoms with van der Waals surface area (Å²) in [6.45, 7) is 1.74. The molecular formula is C23H25N7O5. The molecule has 12 nitrogen and oxygen atoms in total. The lowest BCUT2D eigenvalue weighted by Gasteiger charge is -2.32. The van der Waals surface area contributed by atoms with Gasteiger partial charge >= 0.3 is 6.09 Å². The van der Waals surface area contributed by atoms with Crippen LogP contribution in [0.3, 0.4) is 0 Å². The molecule has 3 amide bonds. The van der Waals surface area contributed by atoms with Crippen LogP contribution in [-0.2, 0) is 23.1 Å². The number of cyclic esters (lactones) is 1. The first kappa shape index (κ1) is 22.6. The minimum absolute atomic E-state index is 0.0831. The number of fused-ring (bicyclic) bond motifs is 8. The second kappa shape index (κ2) is 9.58. The summed E-state index contributed by atoms with van der Waals surface area (Å²) in [6, 6.07) is 7.09. The van der Waals surface area contributed by atoms with Crippen LogP contribution < -0.4 is 10.6 Å². The van der Waals surface area contributed by atoms with Crippen molar-refractivity contribution in [3.05, 3.63) is 54.1 Å². The number of carbonyl (C=O) groups is 3. The maximum Gasteiger partial charge on any atom is 0.409 e. The summed E-state index contributed by atoms with van der Waals surface area (Å²) in [6.07, 6.45) is 4.26. The Morgan fingerprint density at radius 1 is 1.03 bits per heavy atom. The van der Waals surface area contributed by atoms with Crippen LogP contribution in [0.1, 0.15) is 20.8 Å². The van der Waals surface area contributed by atoms with Gasteiger partial charge < -0.3 is 25.0 Å². The van der Waals surface area contributed by atoms with Crippen LogP contribution in [0.15, 0.2) is 42.9 Å². The van der Waals surface area contributed by atoms with Crippen molar-refractivity contribution in [1.29, 1.82) is 0 Å². The Hall–Kier alpha value is -4.19. The molecule has 1 aromatic carbocycles. The Morgan fingerprint density at radius 3 is 2.77 bits per heavy atom. The Balaban J connectivity index is 1.45. The third-order valence-electron chi connectivity index (χ3n) is 5.82. The third-order valence-corrected chi connectivity index (χ3v) is 5.82. The van der Waals surface area contributed by atoms with Crippen molar-refractivity contribution in [2.75, 3.05) is 38.2 Å². The molecule has 6 bridgehead atoms. The van der Waals surface area contributed by atoms with Crippen LogP contribution >= 0.6 is 0 Å². The number of nitrogens with one attached hydrogen (secondary N) is 2. The summed E-state index contributed by atoms with van der Waals surface area (Å²) in [5.41, 5.74) is 2.42. The summed E-state index contributed by atoms with van der Waals surface area (Å²) in [5, 5.41) is 14.1. The van der Waals surface area contributed by atoms with Crippen LogP contribution in [0.2, 0.25) is 0 Å². The highest BCUT2D eigenvalue weighted by atomic mass is 16.6. The number of aryl methyl sites for hydroxylation is 1. The van der Waals surface area contributed by atoms with Crippen molar-refractivity contribution in [3.8, 4) is 11.1 Å². The fourth-order valence-electron chi connectivity index (χ4n) is 4.03. The highest BCUT2D eigenvalue weighted by Crippen LogP contribution is 2.21. The standard InChI is InChI=1S/C23H25N7O5/c1-28-14-19-20(27-28)22(32)24-11-18-13-29(5-7-34-18)23(33)35-8-6-30-12-17(10-25-30)15-3-2-4-16(9-15)21(31)26-19/h2-4,9-10,12,14,18H,5-8,11,13H2,1H3,(H,24,32)(H,26,31). The Morgan fingerprint density at radius 2 is 1.89 bits per heavy atom. The number of morpholine rings is 1. The Bertz CT molecular complexity index is 1270. The molecule has 4 heterocycles. The summed E-state index contributed by atoms with van der Waals surface area (Å²) < 4.78 is 14.3. The molecule has 35 heavy (non-hydrogen) atoms. The molecule has 182 valence electrons. The van der Waals surface area contributed by atoms with Gasteiger partial charge in [-0.15, -0.1) is 0 Å². The van der Waals surface area contributed by atoms with Crippen molar-refractivity contribution < 1.29 is 23.9 Å². The molecule has 0 aliphatic carbocycles. The summed E-state index contributed by atoms with van der Waals surface area (Å²) >= 11 is 0. The number of amides is 3. The molecule has 5 rings (SSSR count). The summed E-state index contributed by atoms with van der Waals surface area (Å²) in [5.74, 6) is -0.825. The fraction of sp³-hybridized carbons (Fsp3) is 0.348. The molecular weight excluding hydrogens is 454 g/mol. The molecule has 2 aliphatic heterocycles. The van der Waals surface area contributed by atoms with E-state index in [9.17, 15) is 14.4 Å². The molecule has 3 aromatic rings. The maximum atomic E-state index is 13.0. The van der Waals surface area contributed by atoms with E-state index in [1.54, 1.807) is 47.2 Å². The Kier molecular flexibility index (Phi) is 6.19. The zero-order valence-corrected chi connectivity index (χ0v) is 19.1. The van der Waals surface area contributed by atoms with Crippen molar-refractivity contribution in [3.63, 3.8) is 0 Å². The van der Waals surface area contributed by atoms with Crippen molar-refractivity contribution >= 4 is 23.6 Å². The number of carbonyl (C=O) groups excluding carboxylic acids is 3. The van der Waals surface area contributed by atoms with E-state index >= 15 is 0 Å². The van der Waals surface area contributed by atoms with Crippen LogP contribution in [0.5, 0.6) is 0 Å². The van der Waals surface area contributed by atoms with Crippen LogP contribution in [0.4, 0.5) is 10.5 Å². The summed E-state index contributed by atoms with van der Waals surface area (Å²) in [7, 11) is 1.67. The molecule has 0 spiro atoms. The van der Waals surface area contributed by atoms with Crippen LogP contribution in [0, 0.1) is 0 Å². The van der Waals surface area contributed by atoms with Crippen molar-refractivity contribution in [1.82, 2.24) is 29.8 Å². The lowest BCUT2D eigenvalue weighted by molar-refractivity contribution is -0.0257. The average Bonchev–Trinajstić information content (AvgIpc) is 3.48. The van der Waals surface area contributed by atoms with Gasteiger partial charge in [-0.2, -0.15) is 10.2 Å². The quantitative estimate of drug-likeness (QED) is 0.494. The number of anilines is 1. The molecule has 1 fully saturated rings. The number of aromatic nitrogens is 4. The lowest BCUT2D eigenvalue weighted by atomic mass is 10.1. The number of hydrogen-bond acceptors (Lipinski definition) is 7. The minimum Gasteiger partial charge on any atom is -0.447 e. The zero-order valence-electron chi connectivity index (χ0n) is 19.1. The first-order chi connectivity index (χ1) is 17.0. The van der Waals surface area contributed by atoms with Gasteiger partial charge in [-0.05, 0) is 17.7 Å². The van der Waals surface area contributed by atoms with E-state index in [0.29, 0.717) is 25.3 Å². The molecule has 12 heteroatoms. The molecule has 0 radical (unpaired) electrons. The van der Waals surface area contributed by atoms with Gasteiger partial charge in [-0.25, -0.2) is 4.79 Å². The van der Waals surface area contributed by atoms with Gasteiger partial charge in [0, 0.05) is 43.7 Å². The van der Waals surface area contributed by atoms with Crippen LogP contribution in [0.25, 0.3) is 11.1 Å². The Labute approximate surface area is 200 Å². The lowest BCUT2D eigenvalue weighted by Crippen LogP contribution is -2.50. The monoisotopic (exact) mass is 479 g/mol. The fourth-order valence-corrected chi connectivity index (χ4v) is 4.03. The van der Waals surface area contributed by atoms with Gasteiger partial charge in [0.05, 0.1) is 37.7 Å². The maximum absolute atomic E-state index is 13.0. The summed E-state index contributed by atoms with van der Waals surface area (Å²) in [4.78, 5) is 39.9. The number of hydrogen-bond donors (Lipinski definition) is 2. The SMILES string of the molecule is Cn1cc2c(n1)C(=O)NCC1CN(CCO1)C(=O)OCCn1cc(cn1)-c1cccc(c1)C(=O)N2. The average molecular weight is 479 g/mol. The molecule has 2 aromatic heterocycles. The van der Waals surface area contributed by atoms with Crippen molar-refractivity contribution in [2.24, 2.45) is 7.05 Å². The van der Waals surface area contributed by atoms with E-state index in [1.807, 2.05) is 12.3 Å². The van der Waals surface area contributed by atoms with E-state index in [2.05, 4.69) is 20.8 Å². The van der Waals surface area contributed by atoms with Gasteiger partial charge in [0.2, 0.25) is 0 Å². The number of rotatable bonds is 0. The zero-order chi connectivity index (χ0) is 24.4. The number of ether oxygens (including phenoxy) is 2. The first-order valence-corrected chi connectivity index (χ1v) is 11.3. The van der Waals surface area contributed by atoms with E-state index in [4.69, 9.17) is 9.47 Å². The predicted octanol–water partition coefficient (Wildman–Crippen LogP) is 1.12. The highest BCUT2D eigenvalue weighted by molar-refractivity contribution is 6.08. The predicted molar refractivity (Wildman–Crippen MR) is 124 cm³/mol. The van der Waals surface area contributed by atoms with Gasteiger partial charge in [-0.3, -0.25) is 19.0 Å². The molecule has 1 atom stereocenters. The highest BCUT2D eigenvalue weighted by Gasteiger charge is 2.27. The first-order valence-electron chi connectivity index (χ1n) is 11.3. The van der Waals surface area contributed by atoms with E-state index < -0.39 is 18.1 Å². The van der Waals surface area contributed by atoms with Gasteiger partial charge in [0.1, 0.15) is 6.61 Å². The smallest absolute Gasteiger partial charge is 0.409 e. The molecule has 2 aliphatic rings. The third kappa shape index (κ3) is 5.01. The molecule has 1 unspecified atom stereocenters.